The van der Waals surface area contributed by atoms with Crippen molar-refractivity contribution in [3.05, 3.63) is 12.2 Å². The summed E-state index contributed by atoms with van der Waals surface area (Å²) in [5.41, 5.74) is 0. The molecule has 0 heterocycles. The molecule has 2 fully saturated rings. The minimum Gasteiger partial charge on any atom is -0.0951 e. The van der Waals surface area contributed by atoms with Gasteiger partial charge in [0.25, 0.3) is 0 Å². The van der Waals surface area contributed by atoms with Gasteiger partial charge in [0, 0.05) is 5.92 Å². The molecule has 0 saturated heterocycles. The molecule has 2 aliphatic rings. The van der Waals surface area contributed by atoms with Crippen molar-refractivity contribution in [3.63, 3.8) is 0 Å². The first-order chi connectivity index (χ1) is 11.3. The molecule has 0 aromatic carbocycles. The molecule has 0 aromatic heterocycles. The van der Waals surface area contributed by atoms with Gasteiger partial charge in [-0.3, -0.25) is 0 Å². The molecule has 0 bridgehead atoms. The summed E-state index contributed by atoms with van der Waals surface area (Å²) in [5, 5.41) is 0. The summed E-state index contributed by atoms with van der Waals surface area (Å²) in [4.78, 5) is 0. The Hall–Kier alpha value is -0.700. The molecule has 0 heteroatoms. The molecule has 2 aliphatic carbocycles. The van der Waals surface area contributed by atoms with Crippen LogP contribution in [0.4, 0.5) is 0 Å². The molecular formula is C23H38. The Kier molecular flexibility index (Phi) is 8.88. The first-order valence-electron chi connectivity index (χ1n) is 10.5. The van der Waals surface area contributed by atoms with Gasteiger partial charge in [-0.05, 0) is 75.2 Å². The molecule has 0 N–H and O–H groups in total. The maximum absolute atomic E-state index is 3.53. The molecule has 0 amide bonds. The van der Waals surface area contributed by atoms with Crippen LogP contribution in [0.1, 0.15) is 97.3 Å². The van der Waals surface area contributed by atoms with Crippen LogP contribution >= 0.6 is 0 Å². The molecule has 0 atom stereocenters. The van der Waals surface area contributed by atoms with E-state index in [9.17, 15) is 0 Å². The van der Waals surface area contributed by atoms with Crippen molar-refractivity contribution in [2.24, 2.45) is 23.7 Å². The Morgan fingerprint density at radius 1 is 0.826 bits per heavy atom. The standard InChI is InChI=1S/C23H38/c1-3-5-6-9-21-16-18-23(19-17-21)11-8-7-10-22-14-12-20(4-2)13-15-22/h7,10,20-23H,3-6,9,12-19H2,1-2H3/t20-,21-,22-,23-. The molecule has 0 unspecified atom stereocenters. The second-order valence-electron chi connectivity index (χ2n) is 8.05. The Morgan fingerprint density at radius 3 is 2.17 bits per heavy atom. The largest absolute Gasteiger partial charge is 0.0951 e. The van der Waals surface area contributed by atoms with E-state index in [2.05, 4.69) is 37.8 Å². The van der Waals surface area contributed by atoms with E-state index in [1.54, 1.807) is 0 Å². The average molecular weight is 315 g/mol. The number of rotatable bonds is 6. The maximum atomic E-state index is 3.53. The van der Waals surface area contributed by atoms with Crippen molar-refractivity contribution < 1.29 is 0 Å². The van der Waals surface area contributed by atoms with E-state index in [-0.39, 0.29) is 0 Å². The van der Waals surface area contributed by atoms with E-state index < -0.39 is 0 Å². The summed E-state index contributed by atoms with van der Waals surface area (Å²) in [7, 11) is 0. The van der Waals surface area contributed by atoms with Crippen LogP contribution in [0.25, 0.3) is 0 Å². The molecule has 0 aliphatic heterocycles. The third-order valence-electron chi connectivity index (χ3n) is 6.27. The van der Waals surface area contributed by atoms with Gasteiger partial charge in [0.05, 0.1) is 0 Å². The van der Waals surface area contributed by atoms with Crippen LogP contribution in [-0.4, -0.2) is 0 Å². The van der Waals surface area contributed by atoms with Crippen molar-refractivity contribution in [1.29, 1.82) is 0 Å². The number of allylic oxidation sites excluding steroid dienone is 2. The Balaban J connectivity index is 1.61. The molecule has 0 spiro atoms. The predicted octanol–water partition coefficient (Wildman–Crippen LogP) is 7.15. The highest BCUT2D eigenvalue weighted by atomic mass is 14.2. The lowest BCUT2D eigenvalue weighted by molar-refractivity contribution is 0.294. The molecule has 0 nitrogen and oxygen atoms in total. The third-order valence-corrected chi connectivity index (χ3v) is 6.27. The second-order valence-corrected chi connectivity index (χ2v) is 8.05. The fourth-order valence-electron chi connectivity index (χ4n) is 4.42. The zero-order valence-electron chi connectivity index (χ0n) is 15.7. The fraction of sp³-hybridized carbons (Fsp3) is 0.826. The van der Waals surface area contributed by atoms with Crippen molar-refractivity contribution in [1.82, 2.24) is 0 Å². The zero-order chi connectivity index (χ0) is 16.3. The Labute approximate surface area is 145 Å². The number of hydrogen-bond donors (Lipinski definition) is 0. The predicted molar refractivity (Wildman–Crippen MR) is 102 cm³/mol. The Morgan fingerprint density at radius 2 is 1.52 bits per heavy atom. The van der Waals surface area contributed by atoms with Crippen LogP contribution < -0.4 is 0 Å². The quantitative estimate of drug-likeness (QED) is 0.361. The summed E-state index contributed by atoms with van der Waals surface area (Å²) in [6, 6.07) is 0. The molecule has 23 heavy (non-hydrogen) atoms. The summed E-state index contributed by atoms with van der Waals surface area (Å²) < 4.78 is 0. The molecule has 130 valence electrons. The van der Waals surface area contributed by atoms with Gasteiger partial charge >= 0.3 is 0 Å². The van der Waals surface area contributed by atoms with E-state index >= 15 is 0 Å². The lowest BCUT2D eigenvalue weighted by atomic mass is 9.80. The van der Waals surface area contributed by atoms with Gasteiger partial charge in [0.2, 0.25) is 0 Å². The first kappa shape index (κ1) is 18.6. The maximum Gasteiger partial charge on any atom is 0.0206 e. The van der Waals surface area contributed by atoms with Gasteiger partial charge in [-0.2, -0.15) is 0 Å². The molecule has 2 saturated carbocycles. The first-order valence-corrected chi connectivity index (χ1v) is 10.5. The summed E-state index contributed by atoms with van der Waals surface area (Å²) in [6.45, 7) is 4.64. The number of unbranched alkanes of at least 4 members (excludes halogenated alkanes) is 2. The SMILES string of the molecule is CCCCC[C@H]1CC[C@H](C#CC=C[C@H]2CC[C@H](CC)CC2)CC1. The van der Waals surface area contributed by atoms with E-state index in [0.717, 1.165) is 17.8 Å². The van der Waals surface area contributed by atoms with Crippen LogP contribution in [0.5, 0.6) is 0 Å². The fourth-order valence-corrected chi connectivity index (χ4v) is 4.42. The molecule has 2 rings (SSSR count). The highest BCUT2D eigenvalue weighted by Gasteiger charge is 2.19. The van der Waals surface area contributed by atoms with Gasteiger partial charge in [-0.1, -0.05) is 63.9 Å². The van der Waals surface area contributed by atoms with Gasteiger partial charge in [-0.25, -0.2) is 0 Å². The normalized spacial score (nSPS) is 31.7. The van der Waals surface area contributed by atoms with E-state index in [1.807, 2.05) is 0 Å². The lowest BCUT2D eigenvalue weighted by Gasteiger charge is -2.25. The summed E-state index contributed by atoms with van der Waals surface area (Å²) >= 11 is 0. The highest BCUT2D eigenvalue weighted by Crippen LogP contribution is 2.32. The smallest absolute Gasteiger partial charge is 0.0206 e. The van der Waals surface area contributed by atoms with Gasteiger partial charge in [0.15, 0.2) is 0 Å². The lowest BCUT2D eigenvalue weighted by Crippen LogP contribution is -2.13. The topological polar surface area (TPSA) is 0 Å². The van der Waals surface area contributed by atoms with Crippen molar-refractivity contribution in [2.45, 2.75) is 97.3 Å². The molecular weight excluding hydrogens is 276 g/mol. The van der Waals surface area contributed by atoms with Crippen molar-refractivity contribution in [2.75, 3.05) is 0 Å². The van der Waals surface area contributed by atoms with Crippen molar-refractivity contribution in [3.8, 4) is 11.8 Å². The highest BCUT2D eigenvalue weighted by molar-refractivity contribution is 5.18. The molecule has 0 aromatic rings. The van der Waals surface area contributed by atoms with Crippen LogP contribution in [0.2, 0.25) is 0 Å². The van der Waals surface area contributed by atoms with E-state index in [0.29, 0.717) is 5.92 Å². The van der Waals surface area contributed by atoms with E-state index in [4.69, 9.17) is 0 Å². The summed E-state index contributed by atoms with van der Waals surface area (Å²) in [6.07, 6.45) is 22.8. The van der Waals surface area contributed by atoms with Gasteiger partial charge in [0.1, 0.15) is 0 Å². The second kappa shape index (κ2) is 11.0. The Bertz CT molecular complexity index is 378. The van der Waals surface area contributed by atoms with E-state index in [1.165, 1.54) is 83.5 Å². The summed E-state index contributed by atoms with van der Waals surface area (Å²) in [5.74, 6) is 10.4. The van der Waals surface area contributed by atoms with Gasteiger partial charge < -0.3 is 0 Å². The molecule has 0 radical (unpaired) electrons. The van der Waals surface area contributed by atoms with Crippen molar-refractivity contribution >= 4 is 0 Å². The zero-order valence-corrected chi connectivity index (χ0v) is 15.7. The monoisotopic (exact) mass is 314 g/mol. The minimum absolute atomic E-state index is 0.679. The average Bonchev–Trinajstić information content (AvgIpc) is 2.61. The third kappa shape index (κ3) is 7.15. The minimum atomic E-state index is 0.679. The van der Waals surface area contributed by atoms with Gasteiger partial charge in [-0.15, -0.1) is 0 Å². The number of hydrogen-bond acceptors (Lipinski definition) is 0. The van der Waals surface area contributed by atoms with Crippen LogP contribution in [0.15, 0.2) is 12.2 Å². The van der Waals surface area contributed by atoms with Crippen LogP contribution in [0.3, 0.4) is 0 Å². The van der Waals surface area contributed by atoms with Crippen LogP contribution in [-0.2, 0) is 0 Å². The van der Waals surface area contributed by atoms with Crippen LogP contribution in [0, 0.1) is 35.5 Å².